The highest BCUT2D eigenvalue weighted by atomic mass is 16.5. The monoisotopic (exact) mass is 334 g/mol. The highest BCUT2D eigenvalue weighted by Crippen LogP contribution is 2.14. The van der Waals surface area contributed by atoms with Crippen molar-refractivity contribution in [3.63, 3.8) is 0 Å². The van der Waals surface area contributed by atoms with Crippen LogP contribution in [0.2, 0.25) is 0 Å². The fourth-order valence-corrected chi connectivity index (χ4v) is 2.44. The molecule has 2 heteroatoms. The van der Waals surface area contributed by atoms with Crippen molar-refractivity contribution in [2.75, 3.05) is 27.4 Å². The summed E-state index contributed by atoms with van der Waals surface area (Å²) in [5.41, 5.74) is 5.69. The van der Waals surface area contributed by atoms with Gasteiger partial charge >= 0.3 is 0 Å². The zero-order valence-corrected chi connectivity index (χ0v) is 16.8. The molecule has 24 heavy (non-hydrogen) atoms. The van der Waals surface area contributed by atoms with Gasteiger partial charge in [-0.05, 0) is 71.8 Å². The maximum Gasteiger partial charge on any atom is 0.0673 e. The number of methoxy groups -OCH3 is 2. The predicted octanol–water partition coefficient (Wildman–Crippen LogP) is 6.41. The lowest BCUT2D eigenvalue weighted by molar-refractivity contribution is 0.222. The van der Waals surface area contributed by atoms with E-state index >= 15 is 0 Å². The number of ether oxygens (including phenoxy) is 2. The molecule has 138 valence electrons. The zero-order valence-electron chi connectivity index (χ0n) is 16.8. The van der Waals surface area contributed by atoms with E-state index in [0.29, 0.717) is 6.61 Å². The van der Waals surface area contributed by atoms with Crippen molar-refractivity contribution in [2.24, 2.45) is 0 Å². The minimum atomic E-state index is 0.706. The molecule has 0 saturated carbocycles. The number of rotatable bonds is 13. The number of hydrogen-bond acceptors (Lipinski definition) is 2. The lowest BCUT2D eigenvalue weighted by atomic mass is 10.0. The third kappa shape index (κ3) is 14.5. The summed E-state index contributed by atoms with van der Waals surface area (Å²) in [7, 11) is 3.51. The quantitative estimate of drug-likeness (QED) is 0.363. The molecule has 0 saturated heterocycles. The topological polar surface area (TPSA) is 18.5 Å². The highest BCUT2D eigenvalue weighted by molar-refractivity contribution is 5.09. The van der Waals surface area contributed by atoms with Crippen LogP contribution in [0.1, 0.15) is 66.2 Å². The lowest BCUT2D eigenvalue weighted by Gasteiger charge is -2.06. The molecule has 0 radical (unpaired) electrons. The largest absolute Gasteiger partial charge is 0.381 e. The molecule has 0 aromatic carbocycles. The molecule has 0 aromatic rings. The molecule has 0 atom stereocenters. The van der Waals surface area contributed by atoms with Gasteiger partial charge in [-0.25, -0.2) is 0 Å². The maximum atomic E-state index is 5.34. The van der Waals surface area contributed by atoms with Gasteiger partial charge in [0.25, 0.3) is 0 Å². The number of hydrogen-bond donors (Lipinski definition) is 0. The molecular formula is C22H38O2. The summed E-state index contributed by atoms with van der Waals surface area (Å²) < 4.78 is 10.4. The first-order valence-electron chi connectivity index (χ1n) is 9.10. The van der Waals surface area contributed by atoms with E-state index in [1.807, 2.05) is 0 Å². The van der Waals surface area contributed by atoms with E-state index in [1.54, 1.807) is 14.2 Å². The molecule has 0 unspecified atom stereocenters. The van der Waals surface area contributed by atoms with Gasteiger partial charge in [0.1, 0.15) is 0 Å². The maximum absolute atomic E-state index is 5.34. The molecule has 0 bridgehead atoms. The molecule has 0 spiro atoms. The molecule has 0 aliphatic carbocycles. The van der Waals surface area contributed by atoms with Gasteiger partial charge < -0.3 is 9.47 Å². The second-order valence-electron chi connectivity index (χ2n) is 6.75. The highest BCUT2D eigenvalue weighted by Gasteiger charge is 1.98. The van der Waals surface area contributed by atoms with Crippen LogP contribution in [-0.4, -0.2) is 27.4 Å². The van der Waals surface area contributed by atoms with Crippen LogP contribution < -0.4 is 0 Å². The first kappa shape index (κ1) is 22.9. The van der Waals surface area contributed by atoms with Gasteiger partial charge in [-0.2, -0.15) is 0 Å². The van der Waals surface area contributed by atoms with Crippen molar-refractivity contribution in [1.29, 1.82) is 0 Å². The summed E-state index contributed by atoms with van der Waals surface area (Å²) in [5.74, 6) is 0. The molecule has 0 aliphatic rings. The molecule has 0 amide bonds. The van der Waals surface area contributed by atoms with Crippen LogP contribution in [0.25, 0.3) is 0 Å². The van der Waals surface area contributed by atoms with Crippen molar-refractivity contribution >= 4 is 0 Å². The minimum Gasteiger partial charge on any atom is -0.381 e. The van der Waals surface area contributed by atoms with Gasteiger partial charge in [0.05, 0.1) is 13.2 Å². The van der Waals surface area contributed by atoms with Crippen molar-refractivity contribution in [1.82, 2.24) is 0 Å². The van der Waals surface area contributed by atoms with Gasteiger partial charge in [-0.3, -0.25) is 0 Å². The Morgan fingerprint density at radius 2 is 1.25 bits per heavy atom. The Labute approximate surface area is 150 Å². The Morgan fingerprint density at radius 1 is 0.667 bits per heavy atom. The molecule has 0 N–H and O–H groups in total. The Kier molecular flexibility index (Phi) is 14.7. The second-order valence-corrected chi connectivity index (χ2v) is 6.75. The van der Waals surface area contributed by atoms with Crippen LogP contribution >= 0.6 is 0 Å². The Morgan fingerprint density at radius 3 is 1.83 bits per heavy atom. The van der Waals surface area contributed by atoms with Crippen LogP contribution in [0.5, 0.6) is 0 Å². The lowest BCUT2D eigenvalue weighted by Crippen LogP contribution is -1.95. The first-order valence-corrected chi connectivity index (χ1v) is 9.10. The van der Waals surface area contributed by atoms with Gasteiger partial charge in [-0.1, -0.05) is 41.0 Å². The average Bonchev–Trinajstić information content (AvgIpc) is 2.52. The summed E-state index contributed by atoms with van der Waals surface area (Å²) >= 11 is 0. The van der Waals surface area contributed by atoms with Gasteiger partial charge in [0, 0.05) is 14.2 Å². The normalized spacial score (nSPS) is 13.3. The van der Waals surface area contributed by atoms with Crippen LogP contribution in [0.3, 0.4) is 0 Å². The molecule has 0 fully saturated rings. The molecule has 0 rings (SSSR count). The summed E-state index contributed by atoms with van der Waals surface area (Å²) in [6, 6.07) is 0. The summed E-state index contributed by atoms with van der Waals surface area (Å²) in [6.07, 6.45) is 15.9. The van der Waals surface area contributed by atoms with Crippen molar-refractivity contribution in [2.45, 2.75) is 66.2 Å². The summed E-state index contributed by atoms with van der Waals surface area (Å²) in [4.78, 5) is 0. The van der Waals surface area contributed by atoms with Crippen LogP contribution in [0, 0.1) is 0 Å². The van der Waals surface area contributed by atoms with E-state index in [0.717, 1.165) is 45.1 Å². The summed E-state index contributed by atoms with van der Waals surface area (Å²) in [6.45, 7) is 10.2. The molecule has 2 nitrogen and oxygen atoms in total. The third-order valence-electron chi connectivity index (χ3n) is 3.95. The molecule has 0 heterocycles. The third-order valence-corrected chi connectivity index (χ3v) is 3.95. The van der Waals surface area contributed by atoms with E-state index in [-0.39, 0.29) is 0 Å². The van der Waals surface area contributed by atoms with Gasteiger partial charge in [-0.15, -0.1) is 0 Å². The van der Waals surface area contributed by atoms with Crippen molar-refractivity contribution in [3.05, 3.63) is 46.6 Å². The predicted molar refractivity (Wildman–Crippen MR) is 106 cm³/mol. The van der Waals surface area contributed by atoms with Crippen LogP contribution in [0.15, 0.2) is 46.6 Å². The Balaban J connectivity index is 4.27. The van der Waals surface area contributed by atoms with Crippen LogP contribution in [0.4, 0.5) is 0 Å². The van der Waals surface area contributed by atoms with E-state index in [1.165, 1.54) is 22.3 Å². The SMILES string of the molecule is COCC=C(C)CCC=C(CCC=C(C)CCC=C(C)C)COC. The standard InChI is InChI=1S/C22H38O2/c1-19(2)10-7-11-20(3)12-8-14-22(18-24-6)15-9-13-21(4)16-17-23-5/h10,12,15-16H,7-9,11,13-14,17-18H2,1-6H3. The Hall–Kier alpha value is -1.12. The molecular weight excluding hydrogens is 296 g/mol. The van der Waals surface area contributed by atoms with Gasteiger partial charge in [0.15, 0.2) is 0 Å². The average molecular weight is 335 g/mol. The number of allylic oxidation sites excluding steroid dienone is 6. The van der Waals surface area contributed by atoms with E-state index in [4.69, 9.17) is 9.47 Å². The van der Waals surface area contributed by atoms with Crippen molar-refractivity contribution < 1.29 is 9.47 Å². The zero-order chi connectivity index (χ0) is 18.2. The molecule has 0 aliphatic heterocycles. The van der Waals surface area contributed by atoms with E-state index in [2.05, 4.69) is 52.0 Å². The first-order chi connectivity index (χ1) is 11.5. The smallest absolute Gasteiger partial charge is 0.0673 e. The van der Waals surface area contributed by atoms with Crippen LogP contribution in [-0.2, 0) is 9.47 Å². The summed E-state index contributed by atoms with van der Waals surface area (Å²) in [5, 5.41) is 0. The fourth-order valence-electron chi connectivity index (χ4n) is 2.44. The minimum absolute atomic E-state index is 0.706. The second kappa shape index (κ2) is 15.4. The Bertz CT molecular complexity index is 435. The fraction of sp³-hybridized carbons (Fsp3) is 0.636. The van der Waals surface area contributed by atoms with Crippen molar-refractivity contribution in [3.8, 4) is 0 Å². The molecule has 0 aromatic heterocycles. The van der Waals surface area contributed by atoms with E-state index < -0.39 is 0 Å². The van der Waals surface area contributed by atoms with Gasteiger partial charge in [0.2, 0.25) is 0 Å². The van der Waals surface area contributed by atoms with E-state index in [9.17, 15) is 0 Å².